The van der Waals surface area contributed by atoms with Crippen LogP contribution >= 0.6 is 0 Å². The molecule has 1 fully saturated rings. The Labute approximate surface area is 147 Å². The fraction of sp³-hybridized carbons (Fsp3) is 0.250. The second-order valence-electron chi connectivity index (χ2n) is 6.01. The minimum Gasteiger partial charge on any atom is -0.337 e. The van der Waals surface area contributed by atoms with E-state index in [1.807, 2.05) is 11.0 Å². The first kappa shape index (κ1) is 16.9. The number of carbonyl (C=O) groups excluding carboxylic acids is 2. The van der Waals surface area contributed by atoms with Gasteiger partial charge in [-0.05, 0) is 55.2 Å². The molecule has 0 spiro atoms. The lowest BCUT2D eigenvalue weighted by molar-refractivity contribution is -0.128. The molecule has 1 aromatic carbocycles. The molecule has 25 heavy (non-hydrogen) atoms. The normalized spacial score (nSPS) is 14.9. The quantitative estimate of drug-likeness (QED) is 0.874. The molecule has 2 amide bonds. The summed E-state index contributed by atoms with van der Waals surface area (Å²) in [5.41, 5.74) is 1.64. The van der Waals surface area contributed by atoms with E-state index in [-0.39, 0.29) is 11.8 Å². The second-order valence-corrected chi connectivity index (χ2v) is 6.01. The van der Waals surface area contributed by atoms with Crippen LogP contribution in [0, 0.1) is 0 Å². The zero-order chi connectivity index (χ0) is 17.5. The predicted molar refractivity (Wildman–Crippen MR) is 96.6 cm³/mol. The van der Waals surface area contributed by atoms with Gasteiger partial charge in [-0.3, -0.25) is 14.6 Å². The summed E-state index contributed by atoms with van der Waals surface area (Å²) in [5, 5.41) is 2.79. The molecule has 0 saturated carbocycles. The van der Waals surface area contributed by atoms with Gasteiger partial charge in [0.2, 0.25) is 0 Å². The molecule has 5 heteroatoms. The summed E-state index contributed by atoms with van der Waals surface area (Å²) in [6.07, 6.45) is 8.17. The van der Waals surface area contributed by atoms with Gasteiger partial charge >= 0.3 is 0 Å². The van der Waals surface area contributed by atoms with Gasteiger partial charge < -0.3 is 10.2 Å². The fourth-order valence-corrected chi connectivity index (χ4v) is 2.83. The third-order valence-corrected chi connectivity index (χ3v) is 4.17. The maximum Gasteiger partial charge on any atom is 0.270 e. The summed E-state index contributed by atoms with van der Waals surface area (Å²) in [7, 11) is 0. The number of hydrogen-bond donors (Lipinski definition) is 1. The number of carbonyl (C=O) groups is 2. The van der Waals surface area contributed by atoms with E-state index in [2.05, 4.69) is 10.3 Å². The van der Waals surface area contributed by atoms with Crippen LogP contribution in [0.4, 0.5) is 0 Å². The zero-order valence-corrected chi connectivity index (χ0v) is 14.0. The third kappa shape index (κ3) is 4.53. The first-order chi connectivity index (χ1) is 12.2. The van der Waals surface area contributed by atoms with Crippen LogP contribution in [-0.4, -0.2) is 34.8 Å². The molecule has 0 unspecified atom stereocenters. The van der Waals surface area contributed by atoms with Gasteiger partial charge in [0.25, 0.3) is 11.8 Å². The number of rotatable bonds is 4. The molecule has 128 valence electrons. The molecule has 1 aliphatic rings. The standard InChI is InChI=1S/C20H21N3O2/c24-19(17-7-3-1-4-8-17)22-18(15-16-9-11-21-12-10-16)20(25)23-13-5-2-6-14-23/h1,3-4,7-12,15H,2,5-6,13-14H2,(H,22,24)/b18-15+. The first-order valence-electron chi connectivity index (χ1n) is 8.51. The topological polar surface area (TPSA) is 62.3 Å². The molecular weight excluding hydrogens is 314 g/mol. The summed E-state index contributed by atoms with van der Waals surface area (Å²) >= 11 is 0. The molecule has 1 saturated heterocycles. The van der Waals surface area contributed by atoms with Crippen molar-refractivity contribution in [1.82, 2.24) is 15.2 Å². The summed E-state index contributed by atoms with van der Waals surface area (Å²) in [6.45, 7) is 1.46. The second kappa shape index (κ2) is 8.24. The van der Waals surface area contributed by atoms with E-state index in [1.165, 1.54) is 0 Å². The number of nitrogens with one attached hydrogen (secondary N) is 1. The molecule has 1 N–H and O–H groups in total. The van der Waals surface area contributed by atoms with Crippen molar-refractivity contribution >= 4 is 17.9 Å². The highest BCUT2D eigenvalue weighted by molar-refractivity contribution is 6.05. The summed E-state index contributed by atoms with van der Waals surface area (Å²) in [4.78, 5) is 31.2. The van der Waals surface area contributed by atoms with Crippen molar-refractivity contribution in [2.45, 2.75) is 19.3 Å². The van der Waals surface area contributed by atoms with Gasteiger partial charge in [-0.25, -0.2) is 0 Å². The summed E-state index contributed by atoms with van der Waals surface area (Å²) < 4.78 is 0. The van der Waals surface area contributed by atoms with Gasteiger partial charge in [-0.15, -0.1) is 0 Å². The minimum absolute atomic E-state index is 0.138. The van der Waals surface area contributed by atoms with Gasteiger partial charge in [-0.2, -0.15) is 0 Å². The molecular formula is C20H21N3O2. The Bertz CT molecular complexity index is 751. The van der Waals surface area contributed by atoms with Gasteiger partial charge in [-0.1, -0.05) is 18.2 Å². The number of amides is 2. The highest BCUT2D eigenvalue weighted by atomic mass is 16.2. The van der Waals surface area contributed by atoms with Crippen molar-refractivity contribution in [2.24, 2.45) is 0 Å². The Morgan fingerprint density at radius 1 is 0.960 bits per heavy atom. The maximum atomic E-state index is 12.9. The van der Waals surface area contributed by atoms with E-state index in [0.29, 0.717) is 11.3 Å². The van der Waals surface area contributed by atoms with Crippen molar-refractivity contribution in [2.75, 3.05) is 13.1 Å². The van der Waals surface area contributed by atoms with Crippen LogP contribution in [0.5, 0.6) is 0 Å². The smallest absolute Gasteiger partial charge is 0.270 e. The predicted octanol–water partition coefficient (Wildman–Crippen LogP) is 2.87. The lowest BCUT2D eigenvalue weighted by Gasteiger charge is -2.27. The van der Waals surface area contributed by atoms with Crippen LogP contribution in [-0.2, 0) is 4.79 Å². The van der Waals surface area contributed by atoms with Crippen molar-refractivity contribution in [3.05, 3.63) is 71.7 Å². The average Bonchev–Trinajstić information content (AvgIpc) is 2.69. The number of benzene rings is 1. The SMILES string of the molecule is O=C(N/C(=C/c1ccncc1)C(=O)N1CCCCC1)c1ccccc1. The van der Waals surface area contributed by atoms with E-state index in [9.17, 15) is 9.59 Å². The van der Waals surface area contributed by atoms with Crippen LogP contribution in [0.3, 0.4) is 0 Å². The molecule has 5 nitrogen and oxygen atoms in total. The van der Waals surface area contributed by atoms with E-state index in [0.717, 1.165) is 37.9 Å². The van der Waals surface area contributed by atoms with E-state index in [1.54, 1.807) is 54.9 Å². The molecule has 0 atom stereocenters. The van der Waals surface area contributed by atoms with Crippen LogP contribution in [0.15, 0.2) is 60.6 Å². The van der Waals surface area contributed by atoms with Gasteiger partial charge in [0.1, 0.15) is 5.70 Å². The van der Waals surface area contributed by atoms with E-state index < -0.39 is 0 Å². The Kier molecular flexibility index (Phi) is 5.57. The zero-order valence-electron chi connectivity index (χ0n) is 14.0. The van der Waals surface area contributed by atoms with Crippen LogP contribution < -0.4 is 5.32 Å². The van der Waals surface area contributed by atoms with Crippen LogP contribution in [0.2, 0.25) is 0 Å². The van der Waals surface area contributed by atoms with Crippen molar-refractivity contribution in [3.8, 4) is 0 Å². The third-order valence-electron chi connectivity index (χ3n) is 4.17. The van der Waals surface area contributed by atoms with E-state index >= 15 is 0 Å². The average molecular weight is 335 g/mol. The number of pyridine rings is 1. The first-order valence-corrected chi connectivity index (χ1v) is 8.51. The summed E-state index contributed by atoms with van der Waals surface area (Å²) in [6, 6.07) is 12.5. The lowest BCUT2D eigenvalue weighted by atomic mass is 10.1. The van der Waals surface area contributed by atoms with Gasteiger partial charge in [0, 0.05) is 31.0 Å². The van der Waals surface area contributed by atoms with Crippen molar-refractivity contribution in [3.63, 3.8) is 0 Å². The largest absolute Gasteiger partial charge is 0.337 e. The molecule has 0 radical (unpaired) electrons. The Morgan fingerprint density at radius 2 is 1.64 bits per heavy atom. The molecule has 1 aromatic heterocycles. The minimum atomic E-state index is -0.286. The molecule has 2 heterocycles. The molecule has 0 bridgehead atoms. The molecule has 0 aliphatic carbocycles. The molecule has 3 rings (SSSR count). The van der Waals surface area contributed by atoms with Crippen LogP contribution in [0.1, 0.15) is 35.2 Å². The number of hydrogen-bond acceptors (Lipinski definition) is 3. The monoisotopic (exact) mass is 335 g/mol. The number of likely N-dealkylation sites (tertiary alicyclic amines) is 1. The van der Waals surface area contributed by atoms with Crippen molar-refractivity contribution < 1.29 is 9.59 Å². The fourth-order valence-electron chi connectivity index (χ4n) is 2.83. The number of nitrogens with zero attached hydrogens (tertiary/aromatic N) is 2. The maximum absolute atomic E-state index is 12.9. The Hall–Kier alpha value is -2.95. The van der Waals surface area contributed by atoms with Gasteiger partial charge in [0.15, 0.2) is 0 Å². The highest BCUT2D eigenvalue weighted by Crippen LogP contribution is 2.14. The molecule has 2 aromatic rings. The Morgan fingerprint density at radius 3 is 2.32 bits per heavy atom. The van der Waals surface area contributed by atoms with Crippen LogP contribution in [0.25, 0.3) is 6.08 Å². The van der Waals surface area contributed by atoms with Crippen molar-refractivity contribution in [1.29, 1.82) is 0 Å². The van der Waals surface area contributed by atoms with Gasteiger partial charge in [0.05, 0.1) is 0 Å². The highest BCUT2D eigenvalue weighted by Gasteiger charge is 2.22. The lowest BCUT2D eigenvalue weighted by Crippen LogP contribution is -2.41. The Balaban J connectivity index is 1.85. The van der Waals surface area contributed by atoms with E-state index in [4.69, 9.17) is 0 Å². The summed E-state index contributed by atoms with van der Waals surface area (Å²) in [5.74, 6) is -0.424. The number of aromatic nitrogens is 1. The number of piperidine rings is 1. The molecule has 1 aliphatic heterocycles.